The van der Waals surface area contributed by atoms with Crippen LogP contribution in [0.4, 0.5) is 0 Å². The van der Waals surface area contributed by atoms with Crippen LogP contribution in [0, 0.1) is 6.92 Å². The number of aromatic nitrogens is 2. The number of carbonyl (C=O) groups is 1. The summed E-state index contributed by atoms with van der Waals surface area (Å²) in [6, 6.07) is 14.1. The monoisotopic (exact) mass is 579 g/mol. The molecule has 14 heteroatoms. The van der Waals surface area contributed by atoms with Crippen molar-refractivity contribution >= 4 is 25.3 Å². The van der Waals surface area contributed by atoms with Crippen LogP contribution in [0.2, 0.25) is 5.02 Å². The summed E-state index contributed by atoms with van der Waals surface area (Å²) in [6.07, 6.45) is -0.520. The van der Waals surface area contributed by atoms with Crippen LogP contribution >= 0.6 is 19.3 Å². The Morgan fingerprint density at radius 3 is 2.64 bits per heavy atom. The summed E-state index contributed by atoms with van der Waals surface area (Å²) in [4.78, 5) is 38.6. The molecule has 0 bridgehead atoms. The second kappa shape index (κ2) is 12.7. The van der Waals surface area contributed by atoms with Gasteiger partial charge in [-0.05, 0) is 43.7 Å². The fourth-order valence-corrected chi connectivity index (χ4v) is 5.11. The Morgan fingerprint density at radius 2 is 1.92 bits per heavy atom. The van der Waals surface area contributed by atoms with Crippen LogP contribution in [0.5, 0.6) is 5.75 Å². The van der Waals surface area contributed by atoms with E-state index in [1.54, 1.807) is 19.1 Å². The number of nitrogens with one attached hydrogen (secondary N) is 2. The van der Waals surface area contributed by atoms with Gasteiger partial charge in [0.2, 0.25) is 0 Å². The zero-order chi connectivity index (χ0) is 28.0. The van der Waals surface area contributed by atoms with Gasteiger partial charge in [0.15, 0.2) is 12.5 Å². The minimum absolute atomic E-state index is 0.0304. The van der Waals surface area contributed by atoms with Crippen molar-refractivity contribution in [2.45, 2.75) is 39.0 Å². The Balaban J connectivity index is 1.41. The van der Waals surface area contributed by atoms with E-state index in [4.69, 9.17) is 34.9 Å². The molecule has 3 aromatic rings. The van der Waals surface area contributed by atoms with Crippen molar-refractivity contribution < 1.29 is 32.6 Å². The second-order valence-corrected chi connectivity index (χ2v) is 10.7. The third-order valence-electron chi connectivity index (χ3n) is 5.54. The molecule has 12 nitrogen and oxygen atoms in total. The van der Waals surface area contributed by atoms with Crippen LogP contribution < -0.4 is 20.9 Å². The van der Waals surface area contributed by atoms with Gasteiger partial charge < -0.3 is 18.7 Å². The Morgan fingerprint density at radius 1 is 1.21 bits per heavy atom. The van der Waals surface area contributed by atoms with E-state index in [1.165, 1.54) is 42.0 Å². The molecule has 0 aliphatic carbocycles. The lowest BCUT2D eigenvalue weighted by molar-refractivity contribution is -0.146. The molecule has 2 unspecified atom stereocenters. The summed E-state index contributed by atoms with van der Waals surface area (Å²) in [7, 11) is -4.20. The largest absolute Gasteiger partial charge is 0.460 e. The van der Waals surface area contributed by atoms with E-state index in [9.17, 15) is 18.9 Å². The third-order valence-corrected chi connectivity index (χ3v) is 7.43. The van der Waals surface area contributed by atoms with Crippen LogP contribution in [-0.2, 0) is 34.7 Å². The second-order valence-electron chi connectivity index (χ2n) is 8.61. The molecule has 1 aliphatic heterocycles. The van der Waals surface area contributed by atoms with Gasteiger partial charge in [0.05, 0.1) is 6.61 Å². The molecule has 39 heavy (non-hydrogen) atoms. The van der Waals surface area contributed by atoms with Crippen molar-refractivity contribution in [2.75, 3.05) is 13.2 Å². The van der Waals surface area contributed by atoms with Crippen LogP contribution in [0.3, 0.4) is 0 Å². The lowest BCUT2D eigenvalue weighted by Gasteiger charge is -2.24. The third kappa shape index (κ3) is 7.89. The average molecular weight is 580 g/mol. The molecule has 0 radical (unpaired) electrons. The first kappa shape index (κ1) is 28.8. The van der Waals surface area contributed by atoms with Crippen molar-refractivity contribution in [3.63, 3.8) is 0 Å². The van der Waals surface area contributed by atoms with Crippen LogP contribution in [-0.4, -0.2) is 41.1 Å². The van der Waals surface area contributed by atoms with Gasteiger partial charge in [0, 0.05) is 16.8 Å². The van der Waals surface area contributed by atoms with E-state index in [2.05, 4.69) is 10.1 Å². The number of nitrogens with zero attached hydrogens (tertiary/aromatic N) is 1. The minimum atomic E-state index is -4.20. The van der Waals surface area contributed by atoms with E-state index in [0.29, 0.717) is 10.6 Å². The molecule has 208 valence electrons. The summed E-state index contributed by atoms with van der Waals surface area (Å²) >= 11 is 5.93. The van der Waals surface area contributed by atoms with Gasteiger partial charge >= 0.3 is 19.4 Å². The highest BCUT2D eigenvalue weighted by atomic mass is 35.5. The molecule has 4 atom stereocenters. The SMILES string of the molecule is Cc1cn([C@H]2CO[C@@H](COP(=O)(NC(C)C(=O)OCc3ccccc3)Oc3ccc(Cl)cc3)O2)c(=O)[nH]c1=O. The first-order valence-corrected chi connectivity index (χ1v) is 13.8. The number of hydrogen-bond donors (Lipinski definition) is 2. The number of benzene rings is 2. The van der Waals surface area contributed by atoms with Gasteiger partial charge in [-0.25, -0.2) is 9.36 Å². The number of aromatic amines is 1. The number of carbonyl (C=O) groups excluding carboxylic acids is 1. The molecular weight excluding hydrogens is 553 g/mol. The summed E-state index contributed by atoms with van der Waals surface area (Å²) in [5, 5.41) is 3.02. The highest BCUT2D eigenvalue weighted by Crippen LogP contribution is 2.45. The Labute approximate surface area is 228 Å². The van der Waals surface area contributed by atoms with Gasteiger partial charge in [-0.2, -0.15) is 5.09 Å². The number of halogens is 1. The zero-order valence-corrected chi connectivity index (χ0v) is 22.7. The molecule has 1 saturated heterocycles. The minimum Gasteiger partial charge on any atom is -0.460 e. The number of aryl methyl sites for hydroxylation is 1. The van der Waals surface area contributed by atoms with E-state index >= 15 is 0 Å². The summed E-state index contributed by atoms with van der Waals surface area (Å²) in [5.74, 6) is -0.509. The van der Waals surface area contributed by atoms with Gasteiger partial charge in [-0.1, -0.05) is 41.9 Å². The smallest absolute Gasteiger partial charge is 0.459 e. The Bertz CT molecular complexity index is 1450. The molecule has 2 N–H and O–H groups in total. The molecular formula is C25H27ClN3O9P. The maximum Gasteiger partial charge on any atom is 0.459 e. The van der Waals surface area contributed by atoms with Crippen molar-refractivity contribution in [3.8, 4) is 5.75 Å². The lowest BCUT2D eigenvalue weighted by Crippen LogP contribution is -2.36. The van der Waals surface area contributed by atoms with Crippen molar-refractivity contribution in [1.82, 2.24) is 14.6 Å². The van der Waals surface area contributed by atoms with E-state index in [-0.39, 0.29) is 25.6 Å². The molecule has 2 heterocycles. The molecule has 0 spiro atoms. The van der Waals surface area contributed by atoms with Gasteiger partial charge in [-0.3, -0.25) is 23.7 Å². The van der Waals surface area contributed by atoms with E-state index < -0.39 is 43.5 Å². The van der Waals surface area contributed by atoms with Crippen LogP contribution in [0.25, 0.3) is 0 Å². The zero-order valence-electron chi connectivity index (χ0n) is 21.1. The van der Waals surface area contributed by atoms with Gasteiger partial charge in [0.1, 0.15) is 25.0 Å². The van der Waals surface area contributed by atoms with Crippen LogP contribution in [0.15, 0.2) is 70.4 Å². The lowest BCUT2D eigenvalue weighted by atomic mass is 10.2. The normalized spacial score (nSPS) is 19.3. The molecule has 1 aromatic heterocycles. The highest BCUT2D eigenvalue weighted by molar-refractivity contribution is 7.52. The summed E-state index contributed by atoms with van der Waals surface area (Å²) < 4.78 is 42.6. The Hall–Kier alpha value is -3.25. The summed E-state index contributed by atoms with van der Waals surface area (Å²) in [6.45, 7) is 2.63. The molecule has 0 amide bonds. The predicted octanol–water partition coefficient (Wildman–Crippen LogP) is 3.30. The predicted molar refractivity (Wildman–Crippen MR) is 140 cm³/mol. The molecule has 1 fully saturated rings. The standard InChI is InChI=1S/C25H27ClN3O9P/c1-16-12-29(25(32)27-23(16)30)21-14-34-22(37-21)15-36-39(33,38-20-10-8-19(26)9-11-20)28-17(2)24(31)35-13-18-6-4-3-5-7-18/h3-12,17,21-22H,13-15H2,1-2H3,(H,28,33)(H,27,30,32)/t17?,21-,22-,39?/m1/s1. The fourth-order valence-electron chi connectivity index (χ4n) is 3.50. The fraction of sp³-hybridized carbons (Fsp3) is 0.320. The van der Waals surface area contributed by atoms with E-state index in [1.807, 2.05) is 18.2 Å². The van der Waals surface area contributed by atoms with E-state index in [0.717, 1.165) is 5.56 Å². The first-order valence-electron chi connectivity index (χ1n) is 11.9. The van der Waals surface area contributed by atoms with Gasteiger partial charge in [0.25, 0.3) is 5.56 Å². The van der Waals surface area contributed by atoms with Gasteiger partial charge in [-0.15, -0.1) is 0 Å². The van der Waals surface area contributed by atoms with Crippen LogP contribution in [0.1, 0.15) is 24.3 Å². The Kier molecular flexibility index (Phi) is 9.39. The summed E-state index contributed by atoms with van der Waals surface area (Å²) in [5.41, 5.74) is -0.0623. The average Bonchev–Trinajstić information content (AvgIpc) is 3.39. The highest BCUT2D eigenvalue weighted by Gasteiger charge is 2.36. The topological polar surface area (TPSA) is 147 Å². The maximum absolute atomic E-state index is 13.7. The van der Waals surface area contributed by atoms with Crippen molar-refractivity contribution in [2.24, 2.45) is 0 Å². The maximum atomic E-state index is 13.7. The number of esters is 1. The van der Waals surface area contributed by atoms with Crippen molar-refractivity contribution in [3.05, 3.63) is 97.8 Å². The number of hydrogen-bond acceptors (Lipinski definition) is 9. The molecule has 1 aliphatic rings. The first-order chi connectivity index (χ1) is 18.6. The molecule has 4 rings (SSSR count). The van der Waals surface area contributed by atoms with Crippen molar-refractivity contribution in [1.29, 1.82) is 0 Å². The quantitative estimate of drug-likeness (QED) is 0.256. The number of H-pyrrole nitrogens is 1. The number of ether oxygens (including phenoxy) is 3. The molecule has 0 saturated carbocycles. The molecule has 2 aromatic carbocycles. The number of rotatable bonds is 11.